The zero-order valence-corrected chi connectivity index (χ0v) is 18.9. The number of thioether (sulfide) groups is 2. The second-order valence-corrected chi connectivity index (χ2v) is 8.97. The normalized spacial score (nSPS) is 10.9. The number of amides is 2. The minimum absolute atomic E-state index is 0.0756. The first kappa shape index (κ1) is 22.1. The van der Waals surface area contributed by atoms with E-state index < -0.39 is 0 Å². The van der Waals surface area contributed by atoms with Crippen molar-refractivity contribution >= 4 is 57.1 Å². The van der Waals surface area contributed by atoms with Crippen molar-refractivity contribution in [2.75, 3.05) is 24.6 Å². The van der Waals surface area contributed by atoms with Crippen molar-refractivity contribution in [3.05, 3.63) is 73.1 Å². The van der Waals surface area contributed by atoms with Crippen LogP contribution in [0.1, 0.15) is 0 Å². The Morgan fingerprint density at radius 1 is 0.656 bits per heavy atom. The Morgan fingerprint density at radius 2 is 1.09 bits per heavy atom. The van der Waals surface area contributed by atoms with Gasteiger partial charge in [0.15, 0.2) is 0 Å². The van der Waals surface area contributed by atoms with E-state index >= 15 is 0 Å². The van der Waals surface area contributed by atoms with Gasteiger partial charge in [-0.1, -0.05) is 36.4 Å². The van der Waals surface area contributed by atoms with E-state index in [4.69, 9.17) is 0 Å². The van der Waals surface area contributed by atoms with E-state index in [0.717, 1.165) is 31.6 Å². The van der Waals surface area contributed by atoms with Gasteiger partial charge in [-0.25, -0.2) is 0 Å². The molecule has 0 unspecified atom stereocenters. The monoisotopic (exact) mass is 462 g/mol. The number of pyridine rings is 2. The van der Waals surface area contributed by atoms with E-state index in [9.17, 15) is 9.59 Å². The molecule has 0 radical (unpaired) electrons. The maximum absolute atomic E-state index is 12.2. The fourth-order valence-corrected chi connectivity index (χ4v) is 4.92. The summed E-state index contributed by atoms with van der Waals surface area (Å²) in [5.41, 5.74) is 1.80. The first-order valence-electron chi connectivity index (χ1n) is 10.2. The summed E-state index contributed by atoms with van der Waals surface area (Å²) in [6.45, 7) is 0.777. The lowest BCUT2D eigenvalue weighted by molar-refractivity contribution is -0.120. The molecule has 8 heteroatoms. The Hall–Kier alpha value is -3.10. The third-order valence-electron chi connectivity index (χ3n) is 4.68. The summed E-state index contributed by atoms with van der Waals surface area (Å²) in [4.78, 5) is 35.1. The standard InChI is InChI=1S/C24H22N4O2S2/c29-21(15-31-19-9-1-5-17-7-3-11-27-23(17)19)25-13-14-26-22(30)16-32-20-10-2-6-18-8-4-12-28-24(18)20/h1-12H,13-16H2,(H,25,29)(H,26,30). The molecule has 2 heterocycles. The van der Waals surface area contributed by atoms with Gasteiger partial charge in [0.1, 0.15) is 0 Å². The molecule has 4 aromatic rings. The van der Waals surface area contributed by atoms with Crippen molar-refractivity contribution < 1.29 is 9.59 Å². The van der Waals surface area contributed by atoms with Crippen LogP contribution < -0.4 is 10.6 Å². The number of fused-ring (bicyclic) bond motifs is 2. The largest absolute Gasteiger partial charge is 0.354 e. The molecule has 0 atom stereocenters. The molecule has 0 bridgehead atoms. The average Bonchev–Trinajstić information content (AvgIpc) is 2.84. The van der Waals surface area contributed by atoms with Gasteiger partial charge in [-0.3, -0.25) is 19.6 Å². The number of carbonyl (C=O) groups excluding carboxylic acids is 2. The second kappa shape index (κ2) is 11.0. The third-order valence-corrected chi connectivity index (χ3v) is 6.77. The van der Waals surface area contributed by atoms with Crippen molar-refractivity contribution in [1.82, 2.24) is 20.6 Å². The van der Waals surface area contributed by atoms with E-state index in [0.29, 0.717) is 24.6 Å². The summed E-state index contributed by atoms with van der Waals surface area (Å²) in [5, 5.41) is 7.79. The summed E-state index contributed by atoms with van der Waals surface area (Å²) >= 11 is 2.92. The predicted octanol–water partition coefficient (Wildman–Crippen LogP) is 3.90. The highest BCUT2D eigenvalue weighted by molar-refractivity contribution is 8.00. The lowest BCUT2D eigenvalue weighted by Gasteiger charge is -2.08. The Kier molecular flexibility index (Phi) is 7.58. The molecule has 2 amide bonds. The van der Waals surface area contributed by atoms with Gasteiger partial charge in [0.05, 0.1) is 22.5 Å². The van der Waals surface area contributed by atoms with Gasteiger partial charge in [0.2, 0.25) is 11.8 Å². The number of nitrogens with zero attached hydrogens (tertiary/aromatic N) is 2. The SMILES string of the molecule is O=C(CSc1cccc2cccnc12)NCCNC(=O)CSc1cccc2cccnc12. The maximum atomic E-state index is 12.2. The van der Waals surface area contributed by atoms with E-state index in [1.165, 1.54) is 23.5 Å². The smallest absolute Gasteiger partial charge is 0.230 e. The number of hydrogen-bond donors (Lipinski definition) is 2. The van der Waals surface area contributed by atoms with Crippen LogP contribution in [0.5, 0.6) is 0 Å². The third kappa shape index (κ3) is 5.77. The minimum atomic E-state index is -0.0756. The van der Waals surface area contributed by atoms with Crippen LogP contribution in [0.4, 0.5) is 0 Å². The molecule has 0 aliphatic carbocycles. The maximum Gasteiger partial charge on any atom is 0.230 e. The van der Waals surface area contributed by atoms with Gasteiger partial charge in [-0.05, 0) is 24.3 Å². The molecule has 162 valence electrons. The minimum Gasteiger partial charge on any atom is -0.354 e. The summed E-state index contributed by atoms with van der Waals surface area (Å²) in [6.07, 6.45) is 3.51. The van der Waals surface area contributed by atoms with Crippen LogP contribution in [-0.2, 0) is 9.59 Å². The fraction of sp³-hybridized carbons (Fsp3) is 0.167. The molecule has 0 saturated carbocycles. The Morgan fingerprint density at radius 3 is 1.56 bits per heavy atom. The number of hydrogen-bond acceptors (Lipinski definition) is 6. The predicted molar refractivity (Wildman–Crippen MR) is 131 cm³/mol. The molecule has 2 N–H and O–H groups in total. The molecule has 0 fully saturated rings. The molecule has 4 rings (SSSR count). The van der Waals surface area contributed by atoms with Crippen LogP contribution in [0.25, 0.3) is 21.8 Å². The number of nitrogens with one attached hydrogen (secondary N) is 2. The highest BCUT2D eigenvalue weighted by Gasteiger charge is 2.08. The van der Waals surface area contributed by atoms with E-state index in [1.54, 1.807) is 12.4 Å². The molecule has 0 saturated heterocycles. The van der Waals surface area contributed by atoms with Crippen LogP contribution in [0.3, 0.4) is 0 Å². The van der Waals surface area contributed by atoms with Gasteiger partial charge < -0.3 is 10.6 Å². The number of para-hydroxylation sites is 2. The van der Waals surface area contributed by atoms with Crippen molar-refractivity contribution in [2.24, 2.45) is 0 Å². The van der Waals surface area contributed by atoms with Crippen LogP contribution in [0.2, 0.25) is 0 Å². The fourth-order valence-electron chi connectivity index (χ4n) is 3.18. The van der Waals surface area contributed by atoms with Crippen molar-refractivity contribution in [3.8, 4) is 0 Å². The summed E-state index contributed by atoms with van der Waals surface area (Å²) in [5.74, 6) is 0.447. The van der Waals surface area contributed by atoms with Crippen molar-refractivity contribution in [1.29, 1.82) is 0 Å². The second-order valence-electron chi connectivity index (χ2n) is 6.94. The Labute approximate surface area is 194 Å². The zero-order chi connectivity index (χ0) is 22.2. The number of aromatic nitrogens is 2. The zero-order valence-electron chi connectivity index (χ0n) is 17.3. The van der Waals surface area contributed by atoms with E-state index in [-0.39, 0.29) is 11.8 Å². The number of rotatable bonds is 9. The van der Waals surface area contributed by atoms with E-state index in [2.05, 4.69) is 20.6 Å². The molecule has 2 aromatic carbocycles. The lowest BCUT2D eigenvalue weighted by atomic mass is 10.2. The molecule has 2 aromatic heterocycles. The highest BCUT2D eigenvalue weighted by Crippen LogP contribution is 2.26. The van der Waals surface area contributed by atoms with Crippen LogP contribution in [0.15, 0.2) is 82.8 Å². The lowest BCUT2D eigenvalue weighted by Crippen LogP contribution is -2.36. The molecule has 0 aliphatic heterocycles. The Balaban J connectivity index is 1.16. The van der Waals surface area contributed by atoms with Gasteiger partial charge in [-0.2, -0.15) is 0 Å². The molecular formula is C24H22N4O2S2. The highest BCUT2D eigenvalue weighted by atomic mass is 32.2. The summed E-state index contributed by atoms with van der Waals surface area (Å²) in [7, 11) is 0. The average molecular weight is 463 g/mol. The number of carbonyl (C=O) groups is 2. The van der Waals surface area contributed by atoms with E-state index in [1.807, 2.05) is 60.7 Å². The molecule has 6 nitrogen and oxygen atoms in total. The molecule has 0 aliphatic rings. The van der Waals surface area contributed by atoms with Gasteiger partial charge in [-0.15, -0.1) is 23.5 Å². The van der Waals surface area contributed by atoms with Crippen molar-refractivity contribution in [3.63, 3.8) is 0 Å². The van der Waals surface area contributed by atoms with Crippen molar-refractivity contribution in [2.45, 2.75) is 9.79 Å². The first-order valence-corrected chi connectivity index (χ1v) is 12.1. The Bertz CT molecular complexity index is 1140. The van der Waals surface area contributed by atoms with Crippen LogP contribution in [-0.4, -0.2) is 46.4 Å². The van der Waals surface area contributed by atoms with Crippen LogP contribution in [0, 0.1) is 0 Å². The first-order chi connectivity index (χ1) is 15.7. The van der Waals surface area contributed by atoms with Gasteiger partial charge in [0, 0.05) is 46.0 Å². The van der Waals surface area contributed by atoms with Gasteiger partial charge >= 0.3 is 0 Å². The molecule has 32 heavy (non-hydrogen) atoms. The summed E-state index contributed by atoms with van der Waals surface area (Å²) in [6, 6.07) is 19.7. The van der Waals surface area contributed by atoms with Crippen LogP contribution >= 0.6 is 23.5 Å². The molecular weight excluding hydrogens is 440 g/mol. The quantitative estimate of drug-likeness (QED) is 0.290. The van der Waals surface area contributed by atoms with Gasteiger partial charge in [0.25, 0.3) is 0 Å². The molecule has 0 spiro atoms. The number of benzene rings is 2. The topological polar surface area (TPSA) is 84.0 Å². The summed E-state index contributed by atoms with van der Waals surface area (Å²) < 4.78 is 0.